The largest absolute Gasteiger partial charge is 0.489 e. The Balaban J connectivity index is 0.991. The summed E-state index contributed by atoms with van der Waals surface area (Å²) in [5.41, 5.74) is 6.64. The van der Waals surface area contributed by atoms with Crippen molar-refractivity contribution in [3.63, 3.8) is 0 Å². The molecule has 61 heavy (non-hydrogen) atoms. The molecule has 2 aliphatic heterocycles. The van der Waals surface area contributed by atoms with E-state index in [4.69, 9.17) is 37.9 Å². The Labute approximate surface area is 361 Å². The highest BCUT2D eigenvalue weighted by Crippen LogP contribution is 2.40. The number of rotatable bonds is 11. The van der Waals surface area contributed by atoms with Crippen molar-refractivity contribution < 1.29 is 33.8 Å². The lowest BCUT2D eigenvalue weighted by Gasteiger charge is -2.37. The second-order valence-electron chi connectivity index (χ2n) is 14.7. The summed E-state index contributed by atoms with van der Waals surface area (Å²) in [6.07, 6.45) is -0.919. The van der Waals surface area contributed by atoms with Gasteiger partial charge in [-0.05, 0) is 94.0 Å². The number of hydrogen-bond donors (Lipinski definition) is 3. The van der Waals surface area contributed by atoms with Crippen LogP contribution in [0.25, 0.3) is 11.1 Å². The first-order valence-electron chi connectivity index (χ1n) is 19.3. The van der Waals surface area contributed by atoms with Crippen LogP contribution < -0.4 is 20.1 Å². The minimum Gasteiger partial charge on any atom is -0.489 e. The molecule has 8 rings (SSSR count). The number of nitriles is 1. The van der Waals surface area contributed by atoms with Gasteiger partial charge in [0, 0.05) is 30.5 Å². The SMILES string of the molecule is N#Cc1ccc(-c2ccc(C[C@H](NC(=O)[C@@H]3Cc4cc5c(cc4CN3C(=O)c3ccccc3)OC(c3ccc(OCc4ccc(Cl)c(Cl)c4)cc3)C(=O)N5)C(=O)O)cc2)cc1. The smallest absolute Gasteiger partial charge is 0.326 e. The van der Waals surface area contributed by atoms with Crippen molar-refractivity contribution in [3.05, 3.63) is 182 Å². The molecule has 3 atom stereocenters. The number of ether oxygens (including phenoxy) is 2. The Kier molecular flexibility index (Phi) is 11.7. The fourth-order valence-corrected chi connectivity index (χ4v) is 7.73. The molecule has 0 fully saturated rings. The fraction of sp³-hybridized carbons (Fsp3) is 0.146. The van der Waals surface area contributed by atoms with Gasteiger partial charge in [-0.1, -0.05) is 96.0 Å². The van der Waals surface area contributed by atoms with Gasteiger partial charge >= 0.3 is 5.97 Å². The van der Waals surface area contributed by atoms with Crippen molar-refractivity contribution in [1.82, 2.24) is 10.2 Å². The zero-order chi connectivity index (χ0) is 42.6. The third kappa shape index (κ3) is 9.06. The summed E-state index contributed by atoms with van der Waals surface area (Å²) in [5, 5.41) is 25.9. The lowest BCUT2D eigenvalue weighted by atomic mass is 9.91. The third-order valence-corrected chi connectivity index (χ3v) is 11.4. The van der Waals surface area contributed by atoms with E-state index in [0.717, 1.165) is 16.7 Å². The van der Waals surface area contributed by atoms with E-state index in [2.05, 4.69) is 16.7 Å². The van der Waals surface area contributed by atoms with E-state index >= 15 is 0 Å². The maximum absolute atomic E-state index is 14.1. The van der Waals surface area contributed by atoms with Crippen LogP contribution in [-0.4, -0.2) is 45.8 Å². The molecule has 0 aliphatic carbocycles. The number of carbonyl (C=O) groups excluding carboxylic acids is 3. The van der Waals surface area contributed by atoms with E-state index < -0.39 is 41.9 Å². The monoisotopic (exact) mass is 850 g/mol. The van der Waals surface area contributed by atoms with Crippen molar-refractivity contribution in [2.75, 3.05) is 5.32 Å². The minimum absolute atomic E-state index is 0.00279. The number of amides is 3. The molecule has 0 spiro atoms. The van der Waals surface area contributed by atoms with Crippen molar-refractivity contribution in [3.8, 4) is 28.7 Å². The van der Waals surface area contributed by atoms with E-state index in [9.17, 15) is 24.3 Å². The van der Waals surface area contributed by atoms with E-state index in [1.54, 1.807) is 103 Å². The molecule has 3 amide bonds. The van der Waals surface area contributed by atoms with Crippen LogP contribution in [0.4, 0.5) is 5.69 Å². The quantitative estimate of drug-likeness (QED) is 0.117. The van der Waals surface area contributed by atoms with Gasteiger partial charge in [0.25, 0.3) is 11.8 Å². The van der Waals surface area contributed by atoms with Crippen LogP contribution in [-0.2, 0) is 40.4 Å². The number of carbonyl (C=O) groups is 4. The topological polar surface area (TPSA) is 158 Å². The average molecular weight is 852 g/mol. The second-order valence-corrected chi connectivity index (χ2v) is 15.5. The first-order chi connectivity index (χ1) is 29.5. The van der Waals surface area contributed by atoms with Gasteiger partial charge in [0.15, 0.2) is 0 Å². The Morgan fingerprint density at radius 1 is 0.852 bits per heavy atom. The highest BCUT2D eigenvalue weighted by atomic mass is 35.5. The second kappa shape index (κ2) is 17.6. The summed E-state index contributed by atoms with van der Waals surface area (Å²) in [6.45, 7) is 0.286. The molecular formula is C48H36Cl2N4O7. The summed E-state index contributed by atoms with van der Waals surface area (Å²) < 4.78 is 12.2. The van der Waals surface area contributed by atoms with E-state index in [1.165, 1.54) is 4.90 Å². The highest BCUT2D eigenvalue weighted by molar-refractivity contribution is 6.42. The van der Waals surface area contributed by atoms with Crippen LogP contribution in [0.3, 0.4) is 0 Å². The van der Waals surface area contributed by atoms with Crippen LogP contribution in [0.1, 0.15) is 49.8 Å². The van der Waals surface area contributed by atoms with Crippen molar-refractivity contribution in [2.45, 2.75) is 44.2 Å². The molecule has 2 aliphatic rings. The van der Waals surface area contributed by atoms with Gasteiger partial charge in [0.05, 0.1) is 27.4 Å². The van der Waals surface area contributed by atoms with Gasteiger partial charge in [-0.15, -0.1) is 0 Å². The van der Waals surface area contributed by atoms with Gasteiger partial charge in [-0.25, -0.2) is 4.79 Å². The van der Waals surface area contributed by atoms with Gasteiger partial charge in [0.1, 0.15) is 30.2 Å². The highest BCUT2D eigenvalue weighted by Gasteiger charge is 2.39. The van der Waals surface area contributed by atoms with Crippen LogP contribution in [0.5, 0.6) is 11.5 Å². The molecular weight excluding hydrogens is 815 g/mol. The maximum Gasteiger partial charge on any atom is 0.326 e. The number of nitrogens with one attached hydrogen (secondary N) is 2. The molecule has 11 nitrogen and oxygen atoms in total. The molecule has 3 N–H and O–H groups in total. The molecule has 0 saturated heterocycles. The first kappa shape index (κ1) is 40.6. The molecule has 1 unspecified atom stereocenters. The Bertz CT molecular complexity index is 2690. The Morgan fingerprint density at radius 3 is 2.21 bits per heavy atom. The van der Waals surface area contributed by atoms with Gasteiger partial charge < -0.3 is 30.1 Å². The van der Waals surface area contributed by atoms with Crippen molar-refractivity contribution >= 4 is 52.6 Å². The molecule has 2 heterocycles. The van der Waals surface area contributed by atoms with Crippen molar-refractivity contribution in [2.24, 2.45) is 0 Å². The number of hydrogen-bond acceptors (Lipinski definition) is 7. The zero-order valence-corrected chi connectivity index (χ0v) is 33.8. The number of carboxylic acid groups (broad SMARTS) is 1. The molecule has 0 saturated carbocycles. The maximum atomic E-state index is 14.1. The number of benzene rings is 6. The Hall–Kier alpha value is -7.13. The lowest BCUT2D eigenvalue weighted by molar-refractivity contribution is -0.142. The third-order valence-electron chi connectivity index (χ3n) is 10.7. The van der Waals surface area contributed by atoms with Crippen LogP contribution in [0, 0.1) is 11.3 Å². The normalized spacial score (nSPS) is 15.8. The molecule has 6 aromatic rings. The lowest BCUT2D eigenvalue weighted by Crippen LogP contribution is -2.56. The van der Waals surface area contributed by atoms with Gasteiger partial charge in [-0.2, -0.15) is 5.26 Å². The molecule has 0 bridgehead atoms. The molecule has 0 aromatic heterocycles. The van der Waals surface area contributed by atoms with E-state index in [-0.39, 0.29) is 26.0 Å². The molecule has 6 aromatic carbocycles. The van der Waals surface area contributed by atoms with E-state index in [1.807, 2.05) is 30.3 Å². The fourth-order valence-electron chi connectivity index (χ4n) is 7.41. The number of halogens is 2. The number of fused-ring (bicyclic) bond motifs is 2. The summed E-state index contributed by atoms with van der Waals surface area (Å²) in [7, 11) is 0. The predicted molar refractivity (Wildman–Crippen MR) is 229 cm³/mol. The van der Waals surface area contributed by atoms with Crippen LogP contribution in [0.2, 0.25) is 10.0 Å². The van der Waals surface area contributed by atoms with Crippen LogP contribution in [0.15, 0.2) is 133 Å². The molecule has 304 valence electrons. The summed E-state index contributed by atoms with van der Waals surface area (Å²) >= 11 is 12.2. The number of carboxylic acids is 1. The Morgan fingerprint density at radius 2 is 1.54 bits per heavy atom. The summed E-state index contributed by atoms with van der Waals surface area (Å²) in [4.78, 5) is 55.7. The summed E-state index contributed by atoms with van der Waals surface area (Å²) in [6, 6.07) is 38.5. The predicted octanol–water partition coefficient (Wildman–Crippen LogP) is 8.56. The van der Waals surface area contributed by atoms with Gasteiger partial charge in [-0.3, -0.25) is 14.4 Å². The average Bonchev–Trinajstić information content (AvgIpc) is 3.28. The standard InChI is InChI=1S/C48H36Cl2N4O7/c49-38-19-10-30(20-39(38)50)27-60-37-17-15-33(16-18-37)44-46(56)52-40-22-35-23-42(54(26-36(35)24-43(40)61-44)47(57)34-4-2-1-3-5-34)45(55)53-41(48(58)59)21-28-6-11-31(12-7-28)32-13-8-29(25-51)9-14-32/h1-20,22,24,41-42,44H,21,23,26-27H2,(H,52,56)(H,53,55)(H,58,59)/t41-,42-,44?/m0/s1. The van der Waals surface area contributed by atoms with Crippen molar-refractivity contribution in [1.29, 1.82) is 5.26 Å². The zero-order valence-electron chi connectivity index (χ0n) is 32.3. The summed E-state index contributed by atoms with van der Waals surface area (Å²) in [5.74, 6) is -1.67. The van der Waals surface area contributed by atoms with Crippen LogP contribution >= 0.6 is 23.2 Å². The number of aliphatic carboxylic acids is 1. The molecule has 13 heteroatoms. The first-order valence-corrected chi connectivity index (χ1v) is 20.1. The number of anilines is 1. The number of nitrogens with zero attached hydrogens (tertiary/aromatic N) is 2. The van der Waals surface area contributed by atoms with E-state index in [0.29, 0.717) is 60.6 Å². The minimum atomic E-state index is -1.29. The molecule has 0 radical (unpaired) electrons. The van der Waals surface area contributed by atoms with Gasteiger partial charge in [0.2, 0.25) is 12.0 Å².